The van der Waals surface area contributed by atoms with E-state index in [0.29, 0.717) is 19.6 Å². The Balaban J connectivity index is 1.71. The van der Waals surface area contributed by atoms with Crippen LogP contribution < -0.4 is 4.74 Å². The first-order chi connectivity index (χ1) is 10.1. The number of carboxylic acids is 1. The Kier molecular flexibility index (Phi) is 3.64. The molecule has 0 unspecified atom stereocenters. The van der Waals surface area contributed by atoms with Crippen molar-refractivity contribution in [2.45, 2.75) is 25.3 Å². The zero-order chi connectivity index (χ0) is 14.8. The highest BCUT2D eigenvalue weighted by Crippen LogP contribution is 2.26. The monoisotopic (exact) mass is 287 g/mol. The van der Waals surface area contributed by atoms with Crippen molar-refractivity contribution in [3.63, 3.8) is 0 Å². The molecule has 1 amide bonds. The molecule has 5 heteroatoms. The molecule has 0 saturated carbocycles. The smallest absolute Gasteiger partial charge is 0.326 e. The molecule has 2 aliphatic heterocycles. The van der Waals surface area contributed by atoms with E-state index in [-0.39, 0.29) is 5.91 Å². The third-order valence-corrected chi connectivity index (χ3v) is 3.95. The summed E-state index contributed by atoms with van der Waals surface area (Å²) in [5.74, 6) is -0.260. The van der Waals surface area contributed by atoms with Crippen LogP contribution >= 0.6 is 0 Å². The lowest BCUT2D eigenvalue weighted by Crippen LogP contribution is -2.39. The van der Waals surface area contributed by atoms with Crippen LogP contribution in [0.25, 0.3) is 6.08 Å². The third-order valence-electron chi connectivity index (χ3n) is 3.95. The van der Waals surface area contributed by atoms with Gasteiger partial charge in [-0.15, -0.1) is 0 Å². The van der Waals surface area contributed by atoms with Gasteiger partial charge in [0.05, 0.1) is 6.61 Å². The average molecular weight is 287 g/mol. The molecule has 1 N–H and O–H groups in total. The second-order valence-electron chi connectivity index (χ2n) is 5.33. The number of benzene rings is 1. The number of fused-ring (bicyclic) bond motifs is 1. The molecule has 0 aliphatic carbocycles. The SMILES string of the molecule is O=C(O)[C@@H]1CCCN1C(=O)/C=C/c1ccc2c(c1)CCO2. The predicted octanol–water partition coefficient (Wildman–Crippen LogP) is 1.71. The number of likely N-dealkylation sites (tertiary alicyclic amines) is 1. The fraction of sp³-hybridized carbons (Fsp3) is 0.375. The maximum atomic E-state index is 12.1. The molecule has 1 saturated heterocycles. The molecular formula is C16H17NO4. The van der Waals surface area contributed by atoms with Crippen LogP contribution in [0.1, 0.15) is 24.0 Å². The number of amides is 1. The summed E-state index contributed by atoms with van der Waals surface area (Å²) in [5, 5.41) is 9.09. The second-order valence-corrected chi connectivity index (χ2v) is 5.33. The first-order valence-electron chi connectivity index (χ1n) is 7.12. The van der Waals surface area contributed by atoms with Gasteiger partial charge in [0.2, 0.25) is 5.91 Å². The normalized spacial score (nSPS) is 20.6. The van der Waals surface area contributed by atoms with Gasteiger partial charge in [0.1, 0.15) is 11.8 Å². The van der Waals surface area contributed by atoms with E-state index in [1.807, 2.05) is 18.2 Å². The van der Waals surface area contributed by atoms with E-state index in [0.717, 1.165) is 29.7 Å². The molecule has 0 bridgehead atoms. The first kappa shape index (κ1) is 13.7. The number of carbonyl (C=O) groups excluding carboxylic acids is 1. The Morgan fingerprint density at radius 1 is 1.38 bits per heavy atom. The highest BCUT2D eigenvalue weighted by atomic mass is 16.5. The molecule has 1 aromatic rings. The predicted molar refractivity (Wildman–Crippen MR) is 77.0 cm³/mol. The highest BCUT2D eigenvalue weighted by Gasteiger charge is 2.32. The fourth-order valence-electron chi connectivity index (χ4n) is 2.86. The first-order valence-corrected chi connectivity index (χ1v) is 7.12. The van der Waals surface area contributed by atoms with Crippen LogP contribution in [0, 0.1) is 0 Å². The van der Waals surface area contributed by atoms with Gasteiger partial charge in [-0.2, -0.15) is 0 Å². The Hall–Kier alpha value is -2.30. The van der Waals surface area contributed by atoms with Crippen LogP contribution in [0.5, 0.6) is 5.75 Å². The maximum Gasteiger partial charge on any atom is 0.326 e. The van der Waals surface area contributed by atoms with Gasteiger partial charge in [0.25, 0.3) is 0 Å². The van der Waals surface area contributed by atoms with Crippen LogP contribution in [-0.4, -0.2) is 41.1 Å². The number of aliphatic carboxylic acids is 1. The lowest BCUT2D eigenvalue weighted by Gasteiger charge is -2.19. The van der Waals surface area contributed by atoms with E-state index >= 15 is 0 Å². The molecule has 0 spiro atoms. The number of carbonyl (C=O) groups is 2. The van der Waals surface area contributed by atoms with Crippen LogP contribution in [-0.2, 0) is 16.0 Å². The molecule has 21 heavy (non-hydrogen) atoms. The zero-order valence-electron chi connectivity index (χ0n) is 11.6. The van der Waals surface area contributed by atoms with Gasteiger partial charge >= 0.3 is 5.97 Å². The molecule has 3 rings (SSSR count). The van der Waals surface area contributed by atoms with Crippen molar-refractivity contribution >= 4 is 18.0 Å². The summed E-state index contributed by atoms with van der Waals surface area (Å²) in [6, 6.07) is 5.12. The van der Waals surface area contributed by atoms with Gasteiger partial charge in [-0.1, -0.05) is 6.07 Å². The van der Waals surface area contributed by atoms with E-state index < -0.39 is 12.0 Å². The van der Waals surface area contributed by atoms with Gasteiger partial charge < -0.3 is 14.7 Å². The van der Waals surface area contributed by atoms with Crippen molar-refractivity contribution < 1.29 is 19.4 Å². The molecule has 5 nitrogen and oxygen atoms in total. The quantitative estimate of drug-likeness (QED) is 0.859. The van der Waals surface area contributed by atoms with Gasteiger partial charge in [-0.3, -0.25) is 4.79 Å². The van der Waals surface area contributed by atoms with Crippen molar-refractivity contribution in [2.24, 2.45) is 0 Å². The van der Waals surface area contributed by atoms with Crippen LogP contribution in [0.4, 0.5) is 0 Å². The van der Waals surface area contributed by atoms with E-state index in [9.17, 15) is 9.59 Å². The standard InChI is InChI=1S/C16H17NO4/c18-15(17-8-1-2-13(17)16(19)20)6-4-11-3-5-14-12(10-11)7-9-21-14/h3-6,10,13H,1-2,7-9H2,(H,19,20)/b6-4+/t13-/m0/s1. The molecule has 110 valence electrons. The minimum Gasteiger partial charge on any atom is -0.493 e. The summed E-state index contributed by atoms with van der Waals surface area (Å²) in [4.78, 5) is 24.6. The van der Waals surface area contributed by atoms with Gasteiger partial charge in [0, 0.05) is 19.0 Å². The van der Waals surface area contributed by atoms with Gasteiger partial charge in [-0.25, -0.2) is 4.79 Å². The third kappa shape index (κ3) is 2.77. The van der Waals surface area contributed by atoms with Crippen molar-refractivity contribution in [1.29, 1.82) is 0 Å². The topological polar surface area (TPSA) is 66.8 Å². The molecule has 2 aliphatic rings. The number of hydrogen-bond acceptors (Lipinski definition) is 3. The molecule has 1 aromatic carbocycles. The lowest BCUT2D eigenvalue weighted by molar-refractivity contribution is -0.146. The fourth-order valence-corrected chi connectivity index (χ4v) is 2.86. The molecule has 0 aromatic heterocycles. The van der Waals surface area contributed by atoms with E-state index in [1.165, 1.54) is 11.0 Å². The largest absolute Gasteiger partial charge is 0.493 e. The minimum atomic E-state index is -0.927. The number of hydrogen-bond donors (Lipinski definition) is 1. The number of nitrogens with zero attached hydrogens (tertiary/aromatic N) is 1. The van der Waals surface area contributed by atoms with Gasteiger partial charge in [0.15, 0.2) is 0 Å². The van der Waals surface area contributed by atoms with Crippen molar-refractivity contribution in [2.75, 3.05) is 13.2 Å². The number of carboxylic acid groups (broad SMARTS) is 1. The molecule has 1 fully saturated rings. The Bertz CT molecular complexity index is 608. The summed E-state index contributed by atoms with van der Waals surface area (Å²) in [5.41, 5.74) is 2.08. The van der Waals surface area contributed by atoms with E-state index in [4.69, 9.17) is 9.84 Å². The average Bonchev–Trinajstić information content (AvgIpc) is 3.12. The number of ether oxygens (including phenoxy) is 1. The van der Waals surface area contributed by atoms with Crippen LogP contribution in [0.15, 0.2) is 24.3 Å². The van der Waals surface area contributed by atoms with E-state index in [2.05, 4.69) is 0 Å². The lowest BCUT2D eigenvalue weighted by atomic mass is 10.1. The molecule has 1 atom stereocenters. The highest BCUT2D eigenvalue weighted by molar-refractivity contribution is 5.94. The summed E-state index contributed by atoms with van der Waals surface area (Å²) in [7, 11) is 0. The van der Waals surface area contributed by atoms with Crippen molar-refractivity contribution in [3.8, 4) is 5.75 Å². The zero-order valence-corrected chi connectivity index (χ0v) is 11.6. The van der Waals surface area contributed by atoms with Gasteiger partial charge in [-0.05, 0) is 42.2 Å². The van der Waals surface area contributed by atoms with Crippen LogP contribution in [0.3, 0.4) is 0 Å². The summed E-state index contributed by atoms with van der Waals surface area (Å²) < 4.78 is 5.44. The summed E-state index contributed by atoms with van der Waals surface area (Å²) in [6.07, 6.45) is 5.35. The molecule has 0 radical (unpaired) electrons. The maximum absolute atomic E-state index is 12.1. The number of rotatable bonds is 3. The Labute approximate surface area is 122 Å². The minimum absolute atomic E-state index is 0.239. The second kappa shape index (κ2) is 5.60. The summed E-state index contributed by atoms with van der Waals surface area (Å²) in [6.45, 7) is 1.22. The Morgan fingerprint density at radius 2 is 2.24 bits per heavy atom. The van der Waals surface area contributed by atoms with Crippen molar-refractivity contribution in [3.05, 3.63) is 35.4 Å². The summed E-state index contributed by atoms with van der Waals surface area (Å²) >= 11 is 0. The Morgan fingerprint density at radius 3 is 3.05 bits per heavy atom. The van der Waals surface area contributed by atoms with Crippen LogP contribution in [0.2, 0.25) is 0 Å². The van der Waals surface area contributed by atoms with E-state index in [1.54, 1.807) is 6.08 Å². The molecular weight excluding hydrogens is 270 g/mol. The van der Waals surface area contributed by atoms with Crippen molar-refractivity contribution in [1.82, 2.24) is 4.90 Å². The molecule has 2 heterocycles.